The summed E-state index contributed by atoms with van der Waals surface area (Å²) in [6.45, 7) is 0.891. The van der Waals surface area contributed by atoms with Crippen molar-refractivity contribution in [3.63, 3.8) is 0 Å². The standard InChI is InChI=1S/C24H26FN3O5/c1-31-20-5-4-6-21(32-2)22(20)19-13-18(26-28(19)17-9-7-16(25)8-10-17)23(29)27-12-11-15(14-27)24(30)33-3/h4-10,13,15,23,29H,11-12,14H2,1-3H3/t15-,23?/m0/s1. The van der Waals surface area contributed by atoms with E-state index in [1.54, 1.807) is 54.1 Å². The van der Waals surface area contributed by atoms with Gasteiger partial charge in [-0.3, -0.25) is 9.69 Å². The van der Waals surface area contributed by atoms with Gasteiger partial charge in [-0.05, 0) is 48.9 Å². The number of ether oxygens (including phenoxy) is 3. The Morgan fingerprint density at radius 1 is 1.12 bits per heavy atom. The predicted octanol–water partition coefficient (Wildman–Crippen LogP) is 3.18. The van der Waals surface area contributed by atoms with Crippen LogP contribution in [0.4, 0.5) is 4.39 Å². The van der Waals surface area contributed by atoms with Crippen LogP contribution >= 0.6 is 0 Å². The lowest BCUT2D eigenvalue weighted by atomic mass is 10.1. The number of aromatic nitrogens is 2. The second-order valence-electron chi connectivity index (χ2n) is 7.76. The number of hydrogen-bond acceptors (Lipinski definition) is 7. The monoisotopic (exact) mass is 455 g/mol. The number of aliphatic hydroxyl groups excluding tert-OH is 1. The van der Waals surface area contributed by atoms with Crippen LogP contribution in [0.2, 0.25) is 0 Å². The third-order valence-corrected chi connectivity index (χ3v) is 5.85. The van der Waals surface area contributed by atoms with Crippen LogP contribution in [0.1, 0.15) is 18.3 Å². The summed E-state index contributed by atoms with van der Waals surface area (Å²) >= 11 is 0. The van der Waals surface area contributed by atoms with Gasteiger partial charge in [0, 0.05) is 13.1 Å². The predicted molar refractivity (Wildman–Crippen MR) is 119 cm³/mol. The molecule has 8 nitrogen and oxygen atoms in total. The van der Waals surface area contributed by atoms with Crippen LogP contribution in [-0.2, 0) is 9.53 Å². The smallest absolute Gasteiger partial charge is 0.310 e. The number of likely N-dealkylation sites (tertiary alicyclic amines) is 1. The molecule has 0 bridgehead atoms. The molecule has 1 saturated heterocycles. The van der Waals surface area contributed by atoms with Crippen molar-refractivity contribution >= 4 is 5.97 Å². The number of halogens is 1. The van der Waals surface area contributed by atoms with Crippen molar-refractivity contribution in [1.82, 2.24) is 14.7 Å². The molecule has 2 aromatic carbocycles. The first-order valence-electron chi connectivity index (χ1n) is 10.5. The van der Waals surface area contributed by atoms with Crippen LogP contribution < -0.4 is 9.47 Å². The number of carbonyl (C=O) groups is 1. The van der Waals surface area contributed by atoms with Gasteiger partial charge in [-0.1, -0.05) is 6.07 Å². The van der Waals surface area contributed by atoms with Gasteiger partial charge in [0.2, 0.25) is 0 Å². The van der Waals surface area contributed by atoms with Gasteiger partial charge >= 0.3 is 5.97 Å². The van der Waals surface area contributed by atoms with E-state index >= 15 is 0 Å². The van der Waals surface area contributed by atoms with Crippen LogP contribution in [0.5, 0.6) is 11.5 Å². The summed E-state index contributed by atoms with van der Waals surface area (Å²) < 4.78 is 31.2. The maximum absolute atomic E-state index is 13.6. The molecule has 1 aliphatic rings. The summed E-state index contributed by atoms with van der Waals surface area (Å²) in [5, 5.41) is 15.7. The Kier molecular flexibility index (Phi) is 6.62. The third-order valence-electron chi connectivity index (χ3n) is 5.85. The molecule has 1 unspecified atom stereocenters. The Hall–Kier alpha value is -3.43. The number of carbonyl (C=O) groups excluding carboxylic acids is 1. The fourth-order valence-corrected chi connectivity index (χ4v) is 4.14. The van der Waals surface area contributed by atoms with E-state index in [0.29, 0.717) is 53.6 Å². The highest BCUT2D eigenvalue weighted by Gasteiger charge is 2.34. The first kappa shape index (κ1) is 22.8. The quantitative estimate of drug-likeness (QED) is 0.548. The van der Waals surface area contributed by atoms with Gasteiger partial charge in [-0.15, -0.1) is 0 Å². The molecular formula is C24H26FN3O5. The number of hydrogen-bond donors (Lipinski definition) is 1. The van der Waals surface area contributed by atoms with E-state index in [1.807, 2.05) is 6.07 Å². The number of nitrogens with zero attached hydrogens (tertiary/aromatic N) is 3. The zero-order valence-electron chi connectivity index (χ0n) is 18.7. The summed E-state index contributed by atoms with van der Waals surface area (Å²) in [6.07, 6.45) is -0.448. The summed E-state index contributed by atoms with van der Waals surface area (Å²) in [7, 11) is 4.48. The summed E-state index contributed by atoms with van der Waals surface area (Å²) in [6, 6.07) is 13.1. The maximum Gasteiger partial charge on any atom is 0.310 e. The number of esters is 1. The first-order chi connectivity index (χ1) is 16.0. The van der Waals surface area contributed by atoms with E-state index in [2.05, 4.69) is 5.10 Å². The van der Waals surface area contributed by atoms with Gasteiger partial charge in [-0.2, -0.15) is 5.10 Å². The van der Waals surface area contributed by atoms with Gasteiger partial charge in [0.25, 0.3) is 0 Å². The van der Waals surface area contributed by atoms with Crippen LogP contribution in [0.3, 0.4) is 0 Å². The summed E-state index contributed by atoms with van der Waals surface area (Å²) in [5.41, 5.74) is 2.24. The van der Waals surface area contributed by atoms with Gasteiger partial charge in [-0.25, -0.2) is 9.07 Å². The average molecular weight is 455 g/mol. The van der Waals surface area contributed by atoms with Crippen LogP contribution in [-0.4, -0.2) is 60.2 Å². The largest absolute Gasteiger partial charge is 0.496 e. The number of benzene rings is 2. The molecule has 9 heteroatoms. The highest BCUT2D eigenvalue weighted by atomic mass is 19.1. The van der Waals surface area contributed by atoms with Crippen LogP contribution in [0, 0.1) is 11.7 Å². The molecule has 0 saturated carbocycles. The fraction of sp³-hybridized carbons (Fsp3) is 0.333. The third kappa shape index (κ3) is 4.42. The zero-order chi connectivity index (χ0) is 23.5. The van der Waals surface area contributed by atoms with Gasteiger partial charge in [0.1, 0.15) is 23.0 Å². The molecule has 2 atom stereocenters. The first-order valence-corrected chi connectivity index (χ1v) is 10.5. The Bertz CT molecular complexity index is 1110. The van der Waals surface area contributed by atoms with E-state index in [9.17, 15) is 14.3 Å². The topological polar surface area (TPSA) is 86.0 Å². The molecule has 1 fully saturated rings. The second-order valence-corrected chi connectivity index (χ2v) is 7.76. The average Bonchev–Trinajstić information content (AvgIpc) is 3.51. The Balaban J connectivity index is 1.79. The Morgan fingerprint density at radius 3 is 2.39 bits per heavy atom. The van der Waals surface area contributed by atoms with Crippen molar-refractivity contribution in [3.05, 3.63) is 60.0 Å². The molecule has 4 rings (SSSR count). The minimum absolute atomic E-state index is 0.291. The van der Waals surface area contributed by atoms with Crippen molar-refractivity contribution in [2.75, 3.05) is 34.4 Å². The van der Waals surface area contributed by atoms with Crippen molar-refractivity contribution in [3.8, 4) is 28.4 Å². The highest BCUT2D eigenvalue weighted by Crippen LogP contribution is 2.40. The molecule has 33 heavy (non-hydrogen) atoms. The molecular weight excluding hydrogens is 429 g/mol. The maximum atomic E-state index is 13.6. The fourth-order valence-electron chi connectivity index (χ4n) is 4.14. The van der Waals surface area contributed by atoms with Crippen LogP contribution in [0.25, 0.3) is 16.9 Å². The molecule has 1 aliphatic heterocycles. The number of methoxy groups -OCH3 is 3. The van der Waals surface area contributed by atoms with Crippen molar-refractivity contribution in [2.24, 2.45) is 5.92 Å². The Morgan fingerprint density at radius 2 is 1.79 bits per heavy atom. The lowest BCUT2D eigenvalue weighted by Crippen LogP contribution is -2.28. The molecule has 0 aliphatic carbocycles. The number of rotatable bonds is 7. The summed E-state index contributed by atoms with van der Waals surface area (Å²) in [5.74, 6) is 0.170. The lowest BCUT2D eigenvalue weighted by molar-refractivity contribution is -0.145. The van der Waals surface area contributed by atoms with Crippen molar-refractivity contribution in [2.45, 2.75) is 12.6 Å². The number of aliphatic hydroxyl groups is 1. The highest BCUT2D eigenvalue weighted by molar-refractivity contribution is 5.76. The van der Waals surface area contributed by atoms with Crippen molar-refractivity contribution in [1.29, 1.82) is 0 Å². The van der Waals surface area contributed by atoms with E-state index in [-0.39, 0.29) is 17.7 Å². The van der Waals surface area contributed by atoms with Crippen LogP contribution in [0.15, 0.2) is 48.5 Å². The normalized spacial score (nSPS) is 17.1. The minimum atomic E-state index is -1.04. The molecule has 0 radical (unpaired) electrons. The van der Waals surface area contributed by atoms with Gasteiger partial charge in [0.15, 0.2) is 6.23 Å². The SMILES string of the molecule is COC(=O)[C@H]1CCN(C(O)c2cc(-c3c(OC)cccc3OC)n(-c3ccc(F)cc3)n2)C1. The molecule has 3 aromatic rings. The molecule has 0 spiro atoms. The molecule has 1 N–H and O–H groups in total. The van der Waals surface area contributed by atoms with E-state index in [0.717, 1.165) is 0 Å². The molecule has 2 heterocycles. The molecule has 174 valence electrons. The van der Waals surface area contributed by atoms with Gasteiger partial charge < -0.3 is 19.3 Å². The van der Waals surface area contributed by atoms with E-state index in [4.69, 9.17) is 14.2 Å². The van der Waals surface area contributed by atoms with Crippen molar-refractivity contribution < 1.29 is 28.5 Å². The summed E-state index contributed by atoms with van der Waals surface area (Å²) in [4.78, 5) is 13.7. The lowest BCUT2D eigenvalue weighted by Gasteiger charge is -2.20. The Labute approximate surface area is 191 Å². The van der Waals surface area contributed by atoms with Gasteiger partial charge in [0.05, 0.1) is 44.2 Å². The second kappa shape index (κ2) is 9.60. The van der Waals surface area contributed by atoms with E-state index < -0.39 is 6.23 Å². The van der Waals surface area contributed by atoms with E-state index in [1.165, 1.54) is 19.2 Å². The molecule has 0 amide bonds. The molecule has 1 aromatic heterocycles. The zero-order valence-corrected chi connectivity index (χ0v) is 18.7. The minimum Gasteiger partial charge on any atom is -0.496 e.